The Morgan fingerprint density at radius 3 is 1.40 bits per heavy atom. The van der Waals surface area contributed by atoms with E-state index in [9.17, 15) is 0 Å². The Bertz CT molecular complexity index is 20.5. The summed E-state index contributed by atoms with van der Waals surface area (Å²) in [5.41, 5.74) is 0. The Morgan fingerprint density at radius 2 is 1.40 bits per heavy atom. The molecule has 0 bridgehead atoms. The van der Waals surface area contributed by atoms with Crippen molar-refractivity contribution in [3.63, 3.8) is 0 Å². The van der Waals surface area contributed by atoms with Gasteiger partial charge >= 0.3 is 106 Å². The first-order valence-electron chi connectivity index (χ1n) is 0.123. The SMILES string of the molecule is [Ba+2].[Ca+2].[H-].[H-].[H-].[H-].[La].[O]=[Cu]. The van der Waals surface area contributed by atoms with Crippen LogP contribution in [0.3, 0.4) is 0 Å². The van der Waals surface area contributed by atoms with E-state index < -0.39 is 0 Å². The van der Waals surface area contributed by atoms with Crippen molar-refractivity contribution < 1.29 is 61.1 Å². The minimum atomic E-state index is 0. The molecule has 0 aliphatic carbocycles. The summed E-state index contributed by atoms with van der Waals surface area (Å²) in [6, 6.07) is 0. The summed E-state index contributed by atoms with van der Waals surface area (Å²) >= 11 is 2.94. The third kappa shape index (κ3) is 17.8. The molecule has 0 fully saturated rings. The fourth-order valence-corrected chi connectivity index (χ4v) is 0. The Balaban J connectivity index is -0.000000000238. The molecule has 1 radical (unpaired) electrons. The Morgan fingerprint density at radius 1 is 1.40 bits per heavy atom. The van der Waals surface area contributed by atoms with Crippen LogP contribution >= 0.6 is 0 Å². The van der Waals surface area contributed by atoms with Crippen LogP contribution in [0.5, 0.6) is 0 Å². The number of hydrogen-bond donors (Lipinski definition) is 0. The Hall–Kier alpha value is 4.35. The molecule has 0 amide bonds. The molecule has 0 aromatic carbocycles. The van der Waals surface area contributed by atoms with Gasteiger partial charge in [0.2, 0.25) is 0 Å². The molecule has 0 aromatic rings. The molecular weight excluding hydrogens is 396 g/mol. The molecule has 0 unspecified atom stereocenters. The second-order valence-corrected chi connectivity index (χ2v) is 0. The fourth-order valence-electron chi connectivity index (χ4n) is 0. The molecule has 0 heterocycles. The topological polar surface area (TPSA) is 17.1 Å². The van der Waals surface area contributed by atoms with Gasteiger partial charge in [0.1, 0.15) is 0 Å². The van der Waals surface area contributed by atoms with E-state index in [-0.39, 0.29) is 128 Å². The van der Waals surface area contributed by atoms with Crippen molar-refractivity contribution in [1.82, 2.24) is 0 Å². The summed E-state index contributed by atoms with van der Waals surface area (Å²) in [5, 5.41) is 0. The average molecular weight is 400 g/mol. The van der Waals surface area contributed by atoms with E-state index in [1.165, 1.54) is 0 Å². The molecule has 5 heteroatoms. The summed E-state index contributed by atoms with van der Waals surface area (Å²) in [5.74, 6) is 0. The van der Waals surface area contributed by atoms with Gasteiger partial charge in [0.05, 0.1) is 0 Å². The first kappa shape index (κ1) is 22.8. The molecule has 0 aromatic heterocycles. The first-order chi connectivity index (χ1) is 1.00. The summed E-state index contributed by atoms with van der Waals surface area (Å²) in [6.45, 7) is 0. The molecule has 0 spiro atoms. The zero-order chi connectivity index (χ0) is 2.00. The predicted octanol–water partition coefficient (Wildman–Crippen LogP) is -0.433. The van der Waals surface area contributed by atoms with Gasteiger partial charge in [0.15, 0.2) is 0 Å². The van der Waals surface area contributed by atoms with E-state index in [0.29, 0.717) is 0 Å². The van der Waals surface area contributed by atoms with Crippen molar-refractivity contribution in [3.05, 3.63) is 0 Å². The maximum absolute atomic E-state index is 7.81. The van der Waals surface area contributed by atoms with E-state index in [1.807, 2.05) is 0 Å². The summed E-state index contributed by atoms with van der Waals surface area (Å²) in [4.78, 5) is 0. The Kier molecular flexibility index (Phi) is 109. The normalized spacial score (nSPS) is 1.20. The van der Waals surface area contributed by atoms with Gasteiger partial charge in [-0.1, -0.05) is 0 Å². The van der Waals surface area contributed by atoms with Gasteiger partial charge in [-0.05, 0) is 0 Å². The number of hydrogen-bond acceptors (Lipinski definition) is 1. The van der Waals surface area contributed by atoms with Crippen LogP contribution in [-0.4, -0.2) is 86.6 Å². The van der Waals surface area contributed by atoms with E-state index in [4.69, 9.17) is 3.83 Å². The van der Waals surface area contributed by atoms with Crippen LogP contribution in [-0.2, 0) is 19.8 Å². The zero-order valence-electron chi connectivity index (χ0n) is 6.70. The molecule has 0 aliphatic rings. The van der Waals surface area contributed by atoms with Crippen LogP contribution in [0.1, 0.15) is 5.71 Å². The van der Waals surface area contributed by atoms with Crippen molar-refractivity contribution in [1.29, 1.82) is 0 Å². The molecule has 5 heavy (non-hydrogen) atoms. The van der Waals surface area contributed by atoms with Crippen molar-refractivity contribution in [3.8, 4) is 0 Å². The van der Waals surface area contributed by atoms with Gasteiger partial charge in [-0.15, -0.1) is 0 Å². The maximum atomic E-state index is 7.81. The van der Waals surface area contributed by atoms with Crippen LogP contribution in [0.25, 0.3) is 0 Å². The van der Waals surface area contributed by atoms with Gasteiger partial charge in [-0.3, -0.25) is 0 Å². The van der Waals surface area contributed by atoms with E-state index in [2.05, 4.69) is 15.9 Å². The van der Waals surface area contributed by atoms with Crippen LogP contribution in [0.2, 0.25) is 0 Å². The van der Waals surface area contributed by atoms with Crippen LogP contribution in [0.4, 0.5) is 0 Å². The summed E-state index contributed by atoms with van der Waals surface area (Å²) < 4.78 is 7.81. The van der Waals surface area contributed by atoms with Gasteiger partial charge in [0, 0.05) is 35.6 Å². The molecule has 0 aliphatic heterocycles. The number of rotatable bonds is 0. The van der Waals surface area contributed by atoms with Crippen LogP contribution in [0.15, 0.2) is 0 Å². The van der Waals surface area contributed by atoms with E-state index in [1.54, 1.807) is 0 Å². The molecular formula is H4BaCaCuLaO. The molecule has 0 atom stereocenters. The molecule has 0 saturated carbocycles. The van der Waals surface area contributed by atoms with Crippen molar-refractivity contribution in [2.45, 2.75) is 0 Å². The van der Waals surface area contributed by atoms with Gasteiger partial charge < -0.3 is 5.71 Å². The average Bonchev–Trinajstić information content (AvgIpc) is 1.00. The second kappa shape index (κ2) is 23.8. The summed E-state index contributed by atoms with van der Waals surface area (Å²) in [7, 11) is 0. The third-order valence-corrected chi connectivity index (χ3v) is 0. The van der Waals surface area contributed by atoms with Crippen LogP contribution < -0.4 is 0 Å². The molecule has 0 rings (SSSR count). The van der Waals surface area contributed by atoms with Gasteiger partial charge in [-0.25, -0.2) is 0 Å². The standard InChI is InChI=1S/Ba.Ca.Cu.La.O.4H/q2*+2;;;;4*-1. The fraction of sp³-hybridized carbons (Fsp3) is 0. The molecule has 0 N–H and O–H groups in total. The zero-order valence-corrected chi connectivity index (χ0v) is 13.9. The van der Waals surface area contributed by atoms with Gasteiger partial charge in [-0.2, -0.15) is 0 Å². The van der Waals surface area contributed by atoms with E-state index >= 15 is 0 Å². The third-order valence-electron chi connectivity index (χ3n) is 0. The quantitative estimate of drug-likeness (QED) is 0.505. The summed E-state index contributed by atoms with van der Waals surface area (Å²) in [6.07, 6.45) is 0. The van der Waals surface area contributed by atoms with E-state index in [0.717, 1.165) is 0 Å². The minimum absolute atomic E-state index is 0. The second-order valence-electron chi connectivity index (χ2n) is 0. The molecule has 28 valence electrons. The van der Waals surface area contributed by atoms with Gasteiger partial charge in [0.25, 0.3) is 0 Å². The van der Waals surface area contributed by atoms with Crippen molar-refractivity contribution in [2.75, 3.05) is 0 Å². The first-order valence-corrected chi connectivity index (χ1v) is 0.508. The monoisotopic (exact) mass is 400 g/mol. The Labute approximate surface area is 143 Å². The van der Waals surface area contributed by atoms with Crippen molar-refractivity contribution in [2.24, 2.45) is 0 Å². The van der Waals surface area contributed by atoms with Crippen molar-refractivity contribution >= 4 is 86.6 Å². The predicted molar refractivity (Wildman–Crippen MR) is 16.6 cm³/mol. The molecule has 0 saturated heterocycles. The molecule has 1 nitrogen and oxygen atoms in total. The van der Waals surface area contributed by atoms with Crippen LogP contribution in [0, 0.1) is 35.6 Å².